The predicted octanol–water partition coefficient (Wildman–Crippen LogP) is 1.43. The van der Waals surface area contributed by atoms with Crippen molar-refractivity contribution in [1.29, 1.82) is 5.26 Å². The fourth-order valence-corrected chi connectivity index (χ4v) is 1.35. The summed E-state index contributed by atoms with van der Waals surface area (Å²) in [7, 11) is 1.66. The Kier molecular flexibility index (Phi) is 4.58. The first-order valence-electron chi connectivity index (χ1n) is 4.92. The van der Waals surface area contributed by atoms with Gasteiger partial charge in [0.25, 0.3) is 0 Å². The Bertz CT molecular complexity index is 346. The summed E-state index contributed by atoms with van der Waals surface area (Å²) in [5.41, 5.74) is 0.607. The average Bonchev–Trinajstić information content (AvgIpc) is 2.30. The highest BCUT2D eigenvalue weighted by molar-refractivity contribution is 5.53. The molecule has 0 N–H and O–H groups in total. The average molecular weight is 205 g/mol. The molecule has 0 atom stereocenters. The van der Waals surface area contributed by atoms with Crippen molar-refractivity contribution >= 4 is 5.82 Å². The fraction of sp³-hybridized carbons (Fsp3) is 0.455. The Morgan fingerprint density at radius 2 is 2.40 bits per heavy atom. The summed E-state index contributed by atoms with van der Waals surface area (Å²) < 4.78 is 5.02. The SMILES string of the molecule is CCN(CCOC)c1ncccc1C#N. The highest BCUT2D eigenvalue weighted by atomic mass is 16.5. The molecule has 1 aromatic rings. The van der Waals surface area contributed by atoms with Crippen LogP contribution in [-0.4, -0.2) is 31.8 Å². The van der Waals surface area contributed by atoms with Gasteiger partial charge in [-0.2, -0.15) is 5.26 Å². The smallest absolute Gasteiger partial charge is 0.146 e. The lowest BCUT2D eigenvalue weighted by Crippen LogP contribution is -2.28. The highest BCUT2D eigenvalue weighted by Crippen LogP contribution is 2.15. The molecule has 1 rings (SSSR count). The zero-order valence-corrected chi connectivity index (χ0v) is 9.10. The molecule has 4 heteroatoms. The van der Waals surface area contributed by atoms with E-state index in [1.54, 1.807) is 25.4 Å². The third kappa shape index (κ3) is 2.93. The van der Waals surface area contributed by atoms with Crippen molar-refractivity contribution in [3.8, 4) is 6.07 Å². The quantitative estimate of drug-likeness (QED) is 0.729. The van der Waals surface area contributed by atoms with Gasteiger partial charge in [0, 0.05) is 26.4 Å². The van der Waals surface area contributed by atoms with Crippen LogP contribution in [0.5, 0.6) is 0 Å². The predicted molar refractivity (Wildman–Crippen MR) is 58.7 cm³/mol. The number of aromatic nitrogens is 1. The molecule has 80 valence electrons. The molecule has 0 spiro atoms. The van der Waals surface area contributed by atoms with E-state index in [1.165, 1.54) is 0 Å². The lowest BCUT2D eigenvalue weighted by atomic mass is 10.2. The van der Waals surface area contributed by atoms with Gasteiger partial charge in [-0.3, -0.25) is 0 Å². The van der Waals surface area contributed by atoms with E-state index < -0.39 is 0 Å². The minimum atomic E-state index is 0.607. The van der Waals surface area contributed by atoms with Crippen LogP contribution in [0.25, 0.3) is 0 Å². The monoisotopic (exact) mass is 205 g/mol. The minimum absolute atomic E-state index is 0.607. The summed E-state index contributed by atoms with van der Waals surface area (Å²) >= 11 is 0. The van der Waals surface area contributed by atoms with Crippen LogP contribution in [-0.2, 0) is 4.74 Å². The molecule has 0 radical (unpaired) electrons. The van der Waals surface area contributed by atoms with Crippen molar-refractivity contribution in [3.05, 3.63) is 23.9 Å². The second-order valence-electron chi connectivity index (χ2n) is 3.06. The van der Waals surface area contributed by atoms with E-state index in [-0.39, 0.29) is 0 Å². The van der Waals surface area contributed by atoms with Crippen LogP contribution in [0.15, 0.2) is 18.3 Å². The van der Waals surface area contributed by atoms with E-state index in [0.717, 1.165) is 18.9 Å². The molecule has 0 aliphatic rings. The Labute approximate surface area is 90.1 Å². The number of ether oxygens (including phenoxy) is 1. The summed E-state index contributed by atoms with van der Waals surface area (Å²) in [6, 6.07) is 5.69. The van der Waals surface area contributed by atoms with Gasteiger partial charge in [0.2, 0.25) is 0 Å². The lowest BCUT2D eigenvalue weighted by molar-refractivity contribution is 0.205. The standard InChI is InChI=1S/C11H15N3O/c1-3-14(7-8-15-2)11-10(9-12)5-4-6-13-11/h4-6H,3,7-8H2,1-2H3. The summed E-state index contributed by atoms with van der Waals surface area (Å²) in [4.78, 5) is 6.25. The molecule has 4 nitrogen and oxygen atoms in total. The number of nitrogens with zero attached hydrogens (tertiary/aromatic N) is 3. The van der Waals surface area contributed by atoms with Crippen LogP contribution < -0.4 is 4.90 Å². The third-order valence-corrected chi connectivity index (χ3v) is 2.15. The Hall–Kier alpha value is -1.60. The van der Waals surface area contributed by atoms with Gasteiger partial charge >= 0.3 is 0 Å². The van der Waals surface area contributed by atoms with Gasteiger partial charge in [-0.05, 0) is 19.1 Å². The van der Waals surface area contributed by atoms with Gasteiger partial charge in [-0.15, -0.1) is 0 Å². The summed E-state index contributed by atoms with van der Waals surface area (Å²) in [5, 5.41) is 8.94. The summed E-state index contributed by atoms with van der Waals surface area (Å²) in [6.45, 7) is 4.23. The van der Waals surface area contributed by atoms with Gasteiger partial charge in [0.05, 0.1) is 12.2 Å². The summed E-state index contributed by atoms with van der Waals surface area (Å²) in [5.74, 6) is 0.736. The zero-order chi connectivity index (χ0) is 11.1. The Morgan fingerprint density at radius 1 is 1.60 bits per heavy atom. The summed E-state index contributed by atoms with van der Waals surface area (Å²) in [6.07, 6.45) is 1.70. The second kappa shape index (κ2) is 5.99. The molecular weight excluding hydrogens is 190 g/mol. The van der Waals surface area contributed by atoms with Crippen molar-refractivity contribution in [2.75, 3.05) is 31.7 Å². The molecule has 0 aliphatic heterocycles. The molecule has 0 saturated carbocycles. The van der Waals surface area contributed by atoms with Crippen molar-refractivity contribution in [3.63, 3.8) is 0 Å². The molecule has 0 amide bonds. The van der Waals surface area contributed by atoms with E-state index in [2.05, 4.69) is 11.1 Å². The minimum Gasteiger partial charge on any atom is -0.383 e. The molecular formula is C11H15N3O. The number of likely N-dealkylation sites (N-methyl/N-ethyl adjacent to an activating group) is 1. The number of nitriles is 1. The number of pyridine rings is 1. The number of hydrogen-bond donors (Lipinski definition) is 0. The maximum Gasteiger partial charge on any atom is 0.146 e. The van der Waals surface area contributed by atoms with Crippen LogP contribution in [0.4, 0.5) is 5.82 Å². The molecule has 1 aromatic heterocycles. The largest absolute Gasteiger partial charge is 0.383 e. The Balaban J connectivity index is 2.86. The first-order valence-corrected chi connectivity index (χ1v) is 4.92. The fourth-order valence-electron chi connectivity index (χ4n) is 1.35. The molecule has 15 heavy (non-hydrogen) atoms. The maximum atomic E-state index is 8.94. The van der Waals surface area contributed by atoms with Crippen molar-refractivity contribution in [2.24, 2.45) is 0 Å². The number of anilines is 1. The molecule has 0 bridgehead atoms. The highest BCUT2D eigenvalue weighted by Gasteiger charge is 2.09. The molecule has 0 unspecified atom stereocenters. The van der Waals surface area contributed by atoms with Crippen LogP contribution in [0.1, 0.15) is 12.5 Å². The normalized spacial score (nSPS) is 9.67. The first kappa shape index (κ1) is 11.5. The van der Waals surface area contributed by atoms with Crippen LogP contribution in [0.2, 0.25) is 0 Å². The van der Waals surface area contributed by atoms with Crippen molar-refractivity contribution < 1.29 is 4.74 Å². The first-order chi connectivity index (χ1) is 7.33. The maximum absolute atomic E-state index is 8.94. The molecule has 0 saturated heterocycles. The lowest BCUT2D eigenvalue weighted by Gasteiger charge is -2.22. The number of hydrogen-bond acceptors (Lipinski definition) is 4. The number of rotatable bonds is 5. The number of methoxy groups -OCH3 is 1. The topological polar surface area (TPSA) is 49.1 Å². The van der Waals surface area contributed by atoms with E-state index in [4.69, 9.17) is 10.00 Å². The van der Waals surface area contributed by atoms with E-state index in [0.29, 0.717) is 12.2 Å². The molecule has 1 heterocycles. The van der Waals surface area contributed by atoms with Crippen LogP contribution in [0.3, 0.4) is 0 Å². The van der Waals surface area contributed by atoms with Crippen molar-refractivity contribution in [1.82, 2.24) is 4.98 Å². The zero-order valence-electron chi connectivity index (χ0n) is 9.10. The van der Waals surface area contributed by atoms with E-state index in [9.17, 15) is 0 Å². The molecule has 0 fully saturated rings. The van der Waals surface area contributed by atoms with Gasteiger partial charge in [-0.1, -0.05) is 0 Å². The Morgan fingerprint density at radius 3 is 3.00 bits per heavy atom. The van der Waals surface area contributed by atoms with Gasteiger partial charge < -0.3 is 9.64 Å². The van der Waals surface area contributed by atoms with Gasteiger partial charge in [0.15, 0.2) is 0 Å². The molecule has 0 aliphatic carbocycles. The van der Waals surface area contributed by atoms with Gasteiger partial charge in [0.1, 0.15) is 11.9 Å². The molecule has 0 aromatic carbocycles. The van der Waals surface area contributed by atoms with Gasteiger partial charge in [-0.25, -0.2) is 4.98 Å². The van der Waals surface area contributed by atoms with E-state index >= 15 is 0 Å². The van der Waals surface area contributed by atoms with Crippen molar-refractivity contribution in [2.45, 2.75) is 6.92 Å². The second-order valence-corrected chi connectivity index (χ2v) is 3.06. The third-order valence-electron chi connectivity index (χ3n) is 2.15. The van der Waals surface area contributed by atoms with Crippen LogP contribution >= 0.6 is 0 Å². The van der Waals surface area contributed by atoms with Crippen LogP contribution in [0, 0.1) is 11.3 Å². The van der Waals surface area contributed by atoms with E-state index in [1.807, 2.05) is 11.8 Å².